The molecular weight excluding hydrogens is 197 g/mol. The van der Waals surface area contributed by atoms with Gasteiger partial charge >= 0.3 is 5.97 Å². The maximum atomic E-state index is 13.0. The number of aliphatic carboxylic acids is 1. The Hall–Kier alpha value is -1.42. The number of nitrogens with two attached hydrogens (primary N) is 1. The molecule has 0 aliphatic heterocycles. The van der Waals surface area contributed by atoms with Crippen LogP contribution < -0.4 is 5.73 Å². The SMILES string of the molecule is CCc1ccc(F)cc1C(CN)C(=O)O. The van der Waals surface area contributed by atoms with Crippen LogP contribution in [0.2, 0.25) is 0 Å². The maximum Gasteiger partial charge on any atom is 0.312 e. The molecule has 0 heterocycles. The molecule has 82 valence electrons. The van der Waals surface area contributed by atoms with Crippen molar-refractivity contribution in [3.05, 3.63) is 35.1 Å². The molecule has 1 atom stereocenters. The van der Waals surface area contributed by atoms with Crippen molar-refractivity contribution in [2.24, 2.45) is 5.73 Å². The Morgan fingerprint density at radius 2 is 2.27 bits per heavy atom. The molecule has 3 nitrogen and oxygen atoms in total. The molecule has 4 heteroatoms. The molecule has 0 spiro atoms. The van der Waals surface area contributed by atoms with E-state index >= 15 is 0 Å². The van der Waals surface area contributed by atoms with Gasteiger partial charge in [-0.25, -0.2) is 4.39 Å². The third-order valence-electron chi connectivity index (χ3n) is 2.40. The van der Waals surface area contributed by atoms with Crippen LogP contribution in [0.5, 0.6) is 0 Å². The fourth-order valence-corrected chi connectivity index (χ4v) is 1.57. The highest BCUT2D eigenvalue weighted by atomic mass is 19.1. The van der Waals surface area contributed by atoms with Crippen molar-refractivity contribution < 1.29 is 14.3 Å². The smallest absolute Gasteiger partial charge is 0.312 e. The van der Waals surface area contributed by atoms with E-state index in [4.69, 9.17) is 10.8 Å². The number of aryl methyl sites for hydroxylation is 1. The Bertz CT molecular complexity index is 366. The number of hydrogen-bond donors (Lipinski definition) is 2. The van der Waals surface area contributed by atoms with E-state index in [0.717, 1.165) is 5.56 Å². The summed E-state index contributed by atoms with van der Waals surface area (Å²) in [5.41, 5.74) is 6.68. The molecule has 0 aliphatic rings. The molecule has 3 N–H and O–H groups in total. The molecule has 0 amide bonds. The highest BCUT2D eigenvalue weighted by Gasteiger charge is 2.20. The minimum atomic E-state index is -1.02. The van der Waals surface area contributed by atoms with Crippen LogP contribution in [-0.4, -0.2) is 17.6 Å². The van der Waals surface area contributed by atoms with Crippen molar-refractivity contribution in [1.82, 2.24) is 0 Å². The van der Waals surface area contributed by atoms with Gasteiger partial charge in [0, 0.05) is 6.54 Å². The summed E-state index contributed by atoms with van der Waals surface area (Å²) in [5.74, 6) is -2.27. The number of benzene rings is 1. The molecule has 0 aliphatic carbocycles. The van der Waals surface area contributed by atoms with Crippen LogP contribution in [0.3, 0.4) is 0 Å². The van der Waals surface area contributed by atoms with Crippen LogP contribution in [0, 0.1) is 5.82 Å². The topological polar surface area (TPSA) is 63.3 Å². The zero-order valence-electron chi connectivity index (χ0n) is 8.53. The molecule has 0 bridgehead atoms. The summed E-state index contributed by atoms with van der Waals surface area (Å²) < 4.78 is 13.0. The van der Waals surface area contributed by atoms with E-state index in [-0.39, 0.29) is 6.54 Å². The third kappa shape index (κ3) is 2.53. The number of carbonyl (C=O) groups is 1. The molecule has 0 aromatic heterocycles. The Labute approximate surface area is 87.7 Å². The quantitative estimate of drug-likeness (QED) is 0.793. The first kappa shape index (κ1) is 11.7. The lowest BCUT2D eigenvalue weighted by molar-refractivity contribution is -0.138. The van der Waals surface area contributed by atoms with Gasteiger partial charge in [0.2, 0.25) is 0 Å². The van der Waals surface area contributed by atoms with Crippen LogP contribution in [-0.2, 0) is 11.2 Å². The van der Waals surface area contributed by atoms with Crippen molar-refractivity contribution in [3.63, 3.8) is 0 Å². The van der Waals surface area contributed by atoms with Crippen molar-refractivity contribution >= 4 is 5.97 Å². The van der Waals surface area contributed by atoms with E-state index in [2.05, 4.69) is 0 Å². The van der Waals surface area contributed by atoms with Crippen LogP contribution in [0.25, 0.3) is 0 Å². The average Bonchev–Trinajstić information content (AvgIpc) is 2.18. The van der Waals surface area contributed by atoms with Gasteiger partial charge in [-0.2, -0.15) is 0 Å². The molecule has 1 aromatic rings. The zero-order valence-corrected chi connectivity index (χ0v) is 8.53. The van der Waals surface area contributed by atoms with Crippen molar-refractivity contribution in [3.8, 4) is 0 Å². The van der Waals surface area contributed by atoms with Gasteiger partial charge in [0.1, 0.15) is 5.82 Å². The first-order valence-electron chi connectivity index (χ1n) is 4.81. The van der Waals surface area contributed by atoms with Gasteiger partial charge in [0.25, 0.3) is 0 Å². The summed E-state index contributed by atoms with van der Waals surface area (Å²) in [7, 11) is 0. The number of carboxylic acid groups (broad SMARTS) is 1. The fourth-order valence-electron chi connectivity index (χ4n) is 1.57. The van der Waals surface area contributed by atoms with Gasteiger partial charge in [-0.1, -0.05) is 13.0 Å². The highest BCUT2D eigenvalue weighted by molar-refractivity contribution is 5.77. The Kier molecular flexibility index (Phi) is 3.80. The minimum absolute atomic E-state index is 0.0220. The molecule has 0 radical (unpaired) electrons. The fraction of sp³-hybridized carbons (Fsp3) is 0.364. The molecule has 1 rings (SSSR count). The molecule has 0 saturated heterocycles. The number of rotatable bonds is 4. The summed E-state index contributed by atoms with van der Waals surface area (Å²) in [6.07, 6.45) is 0.666. The average molecular weight is 211 g/mol. The standard InChI is InChI=1S/C11H14FNO2/c1-2-7-3-4-8(12)5-9(7)10(6-13)11(14)15/h3-5,10H,2,6,13H2,1H3,(H,14,15). The molecule has 15 heavy (non-hydrogen) atoms. The second kappa shape index (κ2) is 4.89. The van der Waals surface area contributed by atoms with Crippen LogP contribution in [0.1, 0.15) is 24.0 Å². The molecule has 0 saturated carbocycles. The van der Waals surface area contributed by atoms with Crippen molar-refractivity contribution in [2.45, 2.75) is 19.3 Å². The predicted octanol–water partition coefficient (Wildman–Crippen LogP) is 1.51. The van der Waals surface area contributed by atoms with Gasteiger partial charge in [-0.05, 0) is 29.7 Å². The summed E-state index contributed by atoms with van der Waals surface area (Å²) in [5, 5.41) is 8.94. The van der Waals surface area contributed by atoms with E-state index < -0.39 is 17.7 Å². The number of hydrogen-bond acceptors (Lipinski definition) is 2. The second-order valence-corrected chi connectivity index (χ2v) is 3.32. The molecular formula is C11H14FNO2. The van der Waals surface area contributed by atoms with Crippen LogP contribution >= 0.6 is 0 Å². The largest absolute Gasteiger partial charge is 0.481 e. The Morgan fingerprint density at radius 3 is 2.73 bits per heavy atom. The summed E-state index contributed by atoms with van der Waals surface area (Å²) in [6, 6.07) is 4.19. The van der Waals surface area contributed by atoms with Crippen LogP contribution in [0.15, 0.2) is 18.2 Å². The lowest BCUT2D eigenvalue weighted by Gasteiger charge is -2.14. The van der Waals surface area contributed by atoms with Gasteiger partial charge in [-0.3, -0.25) is 4.79 Å². The predicted molar refractivity (Wildman–Crippen MR) is 55.2 cm³/mol. The molecule has 1 unspecified atom stereocenters. The Balaban J connectivity index is 3.19. The Morgan fingerprint density at radius 1 is 1.60 bits per heavy atom. The first-order valence-corrected chi connectivity index (χ1v) is 4.81. The number of carboxylic acids is 1. The second-order valence-electron chi connectivity index (χ2n) is 3.32. The zero-order chi connectivity index (χ0) is 11.4. The van der Waals surface area contributed by atoms with Gasteiger partial charge in [0.15, 0.2) is 0 Å². The first-order chi connectivity index (χ1) is 7.10. The van der Waals surface area contributed by atoms with E-state index in [1.165, 1.54) is 12.1 Å². The van der Waals surface area contributed by atoms with Gasteiger partial charge in [0.05, 0.1) is 5.92 Å². The van der Waals surface area contributed by atoms with Crippen molar-refractivity contribution in [2.75, 3.05) is 6.54 Å². The summed E-state index contributed by atoms with van der Waals surface area (Å²) in [6.45, 7) is 1.87. The lowest BCUT2D eigenvalue weighted by atomic mass is 9.93. The van der Waals surface area contributed by atoms with E-state index in [1.807, 2.05) is 6.92 Å². The van der Waals surface area contributed by atoms with E-state index in [9.17, 15) is 9.18 Å². The van der Waals surface area contributed by atoms with Gasteiger partial charge < -0.3 is 10.8 Å². The van der Waals surface area contributed by atoms with E-state index in [1.54, 1.807) is 6.07 Å². The summed E-state index contributed by atoms with van der Waals surface area (Å²) >= 11 is 0. The maximum absolute atomic E-state index is 13.0. The minimum Gasteiger partial charge on any atom is -0.481 e. The third-order valence-corrected chi connectivity index (χ3v) is 2.40. The van der Waals surface area contributed by atoms with E-state index in [0.29, 0.717) is 12.0 Å². The monoisotopic (exact) mass is 211 g/mol. The van der Waals surface area contributed by atoms with Gasteiger partial charge in [-0.15, -0.1) is 0 Å². The lowest BCUT2D eigenvalue weighted by Crippen LogP contribution is -2.22. The summed E-state index contributed by atoms with van der Waals surface area (Å²) in [4.78, 5) is 10.9. The molecule has 1 aromatic carbocycles. The van der Waals surface area contributed by atoms with Crippen molar-refractivity contribution in [1.29, 1.82) is 0 Å². The molecule has 0 fully saturated rings. The van der Waals surface area contributed by atoms with Crippen LogP contribution in [0.4, 0.5) is 4.39 Å². The normalized spacial score (nSPS) is 12.5. The highest BCUT2D eigenvalue weighted by Crippen LogP contribution is 2.21. The number of halogens is 1.